The van der Waals surface area contributed by atoms with Crippen LogP contribution in [0.1, 0.15) is 10.4 Å². The Kier molecular flexibility index (Phi) is 7.67. The fraction of sp³-hybridized carbons (Fsp3) is 0.333. The number of carbonyl (C=O) groups is 2. The van der Waals surface area contributed by atoms with Crippen LogP contribution in [0.15, 0.2) is 47.4 Å². The zero-order chi connectivity index (χ0) is 23.1. The summed E-state index contributed by atoms with van der Waals surface area (Å²) in [6.45, 7) is 1.03. The van der Waals surface area contributed by atoms with E-state index in [1.54, 1.807) is 0 Å². The Labute approximate surface area is 186 Å². The van der Waals surface area contributed by atoms with E-state index in [0.29, 0.717) is 32.0 Å². The first kappa shape index (κ1) is 23.5. The Bertz CT molecular complexity index is 1060. The molecule has 172 valence electrons. The number of anilines is 1. The second kappa shape index (κ2) is 10.4. The molecule has 32 heavy (non-hydrogen) atoms. The maximum atomic E-state index is 12.6. The molecule has 1 heterocycles. The lowest BCUT2D eigenvalue weighted by atomic mass is 10.2. The summed E-state index contributed by atoms with van der Waals surface area (Å²) in [5.74, 6) is -0.416. The van der Waals surface area contributed by atoms with Crippen LogP contribution in [-0.4, -0.2) is 71.7 Å². The summed E-state index contributed by atoms with van der Waals surface area (Å²) in [4.78, 5) is 24.0. The minimum absolute atomic E-state index is 0.143. The zero-order valence-corrected chi connectivity index (χ0v) is 18.5. The van der Waals surface area contributed by atoms with Crippen molar-refractivity contribution in [3.8, 4) is 11.5 Å². The third-order valence-corrected chi connectivity index (χ3v) is 6.60. The van der Waals surface area contributed by atoms with Crippen molar-refractivity contribution in [3.05, 3.63) is 48.0 Å². The van der Waals surface area contributed by atoms with Gasteiger partial charge in [0.15, 0.2) is 18.1 Å². The number of methoxy groups -OCH3 is 2. The van der Waals surface area contributed by atoms with Gasteiger partial charge in [-0.15, -0.1) is 0 Å². The average Bonchev–Trinajstić information content (AvgIpc) is 2.83. The molecule has 11 heteroatoms. The number of sulfonamides is 1. The minimum atomic E-state index is -3.60. The van der Waals surface area contributed by atoms with E-state index in [9.17, 15) is 18.0 Å². The number of ether oxygens (including phenoxy) is 4. The maximum absolute atomic E-state index is 12.6. The SMILES string of the molecule is COC(=O)c1ccc(OCC(=O)Nc2ccc(S(=O)(=O)N3CCOCC3)cc2)c(OC)c1. The fourth-order valence-corrected chi connectivity index (χ4v) is 4.43. The van der Waals surface area contributed by atoms with Crippen LogP contribution < -0.4 is 14.8 Å². The van der Waals surface area contributed by atoms with Gasteiger partial charge in [0.1, 0.15) is 0 Å². The molecule has 0 bridgehead atoms. The van der Waals surface area contributed by atoms with Gasteiger partial charge in [-0.2, -0.15) is 4.31 Å². The normalized spacial score (nSPS) is 14.4. The van der Waals surface area contributed by atoms with Crippen molar-refractivity contribution in [3.63, 3.8) is 0 Å². The molecule has 1 saturated heterocycles. The standard InChI is InChI=1S/C21H24N2O8S/c1-28-19-13-15(21(25)29-2)3-8-18(19)31-14-20(24)22-16-4-6-17(7-5-16)32(26,27)23-9-11-30-12-10-23/h3-8,13H,9-12,14H2,1-2H3,(H,22,24). The number of hydrogen-bond donors (Lipinski definition) is 1. The summed E-state index contributed by atoms with van der Waals surface area (Å²) < 4.78 is 47.2. The van der Waals surface area contributed by atoms with Crippen LogP contribution >= 0.6 is 0 Å². The van der Waals surface area contributed by atoms with Crippen molar-refractivity contribution in [2.75, 3.05) is 52.4 Å². The molecular formula is C21H24N2O8S. The van der Waals surface area contributed by atoms with Crippen molar-refractivity contribution in [2.45, 2.75) is 4.90 Å². The number of hydrogen-bond acceptors (Lipinski definition) is 8. The second-order valence-electron chi connectivity index (χ2n) is 6.73. The highest BCUT2D eigenvalue weighted by Gasteiger charge is 2.26. The zero-order valence-electron chi connectivity index (χ0n) is 17.7. The highest BCUT2D eigenvalue weighted by molar-refractivity contribution is 7.89. The molecule has 0 atom stereocenters. The Morgan fingerprint density at radius 2 is 1.72 bits per heavy atom. The summed E-state index contributed by atoms with van der Waals surface area (Å²) in [5.41, 5.74) is 0.709. The van der Waals surface area contributed by atoms with Crippen molar-refractivity contribution in [1.82, 2.24) is 4.31 Å². The van der Waals surface area contributed by atoms with Crippen LogP contribution in [0, 0.1) is 0 Å². The first-order chi connectivity index (χ1) is 15.3. The number of nitrogens with zero attached hydrogens (tertiary/aromatic N) is 1. The van der Waals surface area contributed by atoms with Gasteiger partial charge in [0.25, 0.3) is 5.91 Å². The van der Waals surface area contributed by atoms with Gasteiger partial charge >= 0.3 is 5.97 Å². The van der Waals surface area contributed by atoms with Crippen LogP contribution in [-0.2, 0) is 24.3 Å². The Hall–Kier alpha value is -3.15. The Morgan fingerprint density at radius 1 is 1.03 bits per heavy atom. The molecule has 0 saturated carbocycles. The molecule has 2 aromatic rings. The molecule has 0 unspecified atom stereocenters. The molecule has 3 rings (SSSR count). The topological polar surface area (TPSA) is 120 Å². The molecule has 0 radical (unpaired) electrons. The van der Waals surface area contributed by atoms with E-state index < -0.39 is 21.9 Å². The van der Waals surface area contributed by atoms with E-state index in [1.807, 2.05) is 0 Å². The van der Waals surface area contributed by atoms with Crippen LogP contribution in [0.5, 0.6) is 11.5 Å². The number of nitrogens with one attached hydrogen (secondary N) is 1. The second-order valence-corrected chi connectivity index (χ2v) is 8.67. The van der Waals surface area contributed by atoms with E-state index in [2.05, 4.69) is 10.1 Å². The van der Waals surface area contributed by atoms with Gasteiger partial charge in [-0.25, -0.2) is 13.2 Å². The van der Waals surface area contributed by atoms with Crippen LogP contribution in [0.2, 0.25) is 0 Å². The van der Waals surface area contributed by atoms with Gasteiger partial charge in [0.05, 0.1) is 37.9 Å². The number of rotatable bonds is 8. The summed E-state index contributed by atoms with van der Waals surface area (Å²) >= 11 is 0. The maximum Gasteiger partial charge on any atom is 0.337 e. The minimum Gasteiger partial charge on any atom is -0.493 e. The van der Waals surface area contributed by atoms with Gasteiger partial charge in [-0.3, -0.25) is 4.79 Å². The molecule has 0 aliphatic carbocycles. The van der Waals surface area contributed by atoms with E-state index in [1.165, 1.54) is 61.0 Å². The summed E-state index contributed by atoms with van der Waals surface area (Å²) in [5, 5.41) is 2.64. The van der Waals surface area contributed by atoms with Crippen molar-refractivity contribution < 1.29 is 37.0 Å². The highest BCUT2D eigenvalue weighted by atomic mass is 32.2. The Morgan fingerprint density at radius 3 is 2.34 bits per heavy atom. The fourth-order valence-electron chi connectivity index (χ4n) is 3.02. The predicted octanol–water partition coefficient (Wildman–Crippen LogP) is 1.52. The number of esters is 1. The van der Waals surface area contributed by atoms with Gasteiger partial charge in [0, 0.05) is 18.8 Å². The van der Waals surface area contributed by atoms with Crippen molar-refractivity contribution in [1.29, 1.82) is 0 Å². The van der Waals surface area contributed by atoms with Gasteiger partial charge in [-0.1, -0.05) is 0 Å². The number of morpholine rings is 1. The molecule has 1 aliphatic heterocycles. The van der Waals surface area contributed by atoms with E-state index in [0.717, 1.165) is 0 Å². The summed E-state index contributed by atoms with van der Waals surface area (Å²) in [7, 11) is -0.919. The van der Waals surface area contributed by atoms with Crippen molar-refractivity contribution >= 4 is 27.6 Å². The molecule has 1 amide bonds. The predicted molar refractivity (Wildman–Crippen MR) is 114 cm³/mol. The lowest BCUT2D eigenvalue weighted by Gasteiger charge is -2.26. The van der Waals surface area contributed by atoms with Gasteiger partial charge < -0.3 is 24.3 Å². The molecule has 1 N–H and O–H groups in total. The first-order valence-electron chi connectivity index (χ1n) is 9.72. The van der Waals surface area contributed by atoms with Gasteiger partial charge in [0.2, 0.25) is 10.0 Å². The number of benzene rings is 2. The van der Waals surface area contributed by atoms with E-state index in [-0.39, 0.29) is 28.6 Å². The smallest absolute Gasteiger partial charge is 0.337 e. The Balaban J connectivity index is 1.59. The molecule has 2 aromatic carbocycles. The van der Waals surface area contributed by atoms with Gasteiger partial charge in [-0.05, 0) is 42.5 Å². The van der Waals surface area contributed by atoms with Crippen molar-refractivity contribution in [2.24, 2.45) is 0 Å². The average molecular weight is 464 g/mol. The molecule has 1 fully saturated rings. The number of amides is 1. The van der Waals surface area contributed by atoms with Crippen LogP contribution in [0.25, 0.3) is 0 Å². The first-order valence-corrected chi connectivity index (χ1v) is 11.2. The summed E-state index contributed by atoms with van der Waals surface area (Å²) in [6, 6.07) is 10.4. The molecule has 1 aliphatic rings. The molecule has 0 aromatic heterocycles. The summed E-state index contributed by atoms with van der Waals surface area (Å²) in [6.07, 6.45) is 0. The monoisotopic (exact) mass is 464 g/mol. The quantitative estimate of drug-likeness (QED) is 0.584. The largest absolute Gasteiger partial charge is 0.493 e. The molecule has 0 spiro atoms. The molecular weight excluding hydrogens is 440 g/mol. The third kappa shape index (κ3) is 5.55. The van der Waals surface area contributed by atoms with Crippen LogP contribution in [0.4, 0.5) is 5.69 Å². The van der Waals surface area contributed by atoms with E-state index >= 15 is 0 Å². The van der Waals surface area contributed by atoms with Crippen LogP contribution in [0.3, 0.4) is 0 Å². The highest BCUT2D eigenvalue weighted by Crippen LogP contribution is 2.28. The number of carbonyl (C=O) groups excluding carboxylic acids is 2. The third-order valence-electron chi connectivity index (χ3n) is 4.69. The molecule has 10 nitrogen and oxygen atoms in total. The van der Waals surface area contributed by atoms with E-state index in [4.69, 9.17) is 14.2 Å². The lowest BCUT2D eigenvalue weighted by Crippen LogP contribution is -2.40. The lowest BCUT2D eigenvalue weighted by molar-refractivity contribution is -0.118.